The third kappa shape index (κ3) is 5.16. The molecule has 0 amide bonds. The van der Waals surface area contributed by atoms with E-state index in [9.17, 15) is 9.90 Å². The lowest BCUT2D eigenvalue weighted by Crippen LogP contribution is -2.49. The quantitative estimate of drug-likeness (QED) is 0.232. The molecule has 0 saturated carbocycles. The fourth-order valence-corrected chi connectivity index (χ4v) is 9.20. The molecule has 44 heavy (non-hydrogen) atoms. The van der Waals surface area contributed by atoms with Crippen molar-refractivity contribution in [3.05, 3.63) is 101 Å². The van der Waals surface area contributed by atoms with Gasteiger partial charge in [-0.2, -0.15) is 0 Å². The van der Waals surface area contributed by atoms with Crippen LogP contribution in [0.4, 0.5) is 0 Å². The summed E-state index contributed by atoms with van der Waals surface area (Å²) < 4.78 is 2.52. The zero-order valence-electron chi connectivity index (χ0n) is 26.5. The number of aryl methyl sites for hydroxylation is 3. The molecular formula is C38H46N4O2. The van der Waals surface area contributed by atoms with Gasteiger partial charge in [0.05, 0.1) is 11.0 Å². The van der Waals surface area contributed by atoms with Crippen molar-refractivity contribution in [1.29, 1.82) is 0 Å². The van der Waals surface area contributed by atoms with Gasteiger partial charge in [0.1, 0.15) is 11.9 Å². The summed E-state index contributed by atoms with van der Waals surface area (Å²) in [4.78, 5) is 22.7. The summed E-state index contributed by atoms with van der Waals surface area (Å²) in [6.07, 6.45) is 8.05. The second-order valence-electron chi connectivity index (χ2n) is 13.7. The smallest absolute Gasteiger partial charge is 0.325 e. The van der Waals surface area contributed by atoms with Crippen LogP contribution in [0.2, 0.25) is 0 Å². The van der Waals surface area contributed by atoms with Gasteiger partial charge in [-0.25, -0.2) is 4.98 Å². The van der Waals surface area contributed by atoms with Crippen LogP contribution in [0.3, 0.4) is 0 Å². The van der Waals surface area contributed by atoms with Crippen molar-refractivity contribution in [3.63, 3.8) is 0 Å². The summed E-state index contributed by atoms with van der Waals surface area (Å²) in [6, 6.07) is 26.9. The Hall–Kier alpha value is -3.48. The first-order valence-electron chi connectivity index (χ1n) is 16.6. The molecule has 3 saturated heterocycles. The minimum Gasteiger partial charge on any atom is -0.480 e. The van der Waals surface area contributed by atoms with Gasteiger partial charge in [-0.3, -0.25) is 14.6 Å². The van der Waals surface area contributed by atoms with Crippen molar-refractivity contribution in [2.45, 2.75) is 95.3 Å². The Morgan fingerprint density at radius 3 is 2.16 bits per heavy atom. The van der Waals surface area contributed by atoms with E-state index in [4.69, 9.17) is 4.98 Å². The van der Waals surface area contributed by atoms with Gasteiger partial charge in [0.15, 0.2) is 0 Å². The first kappa shape index (κ1) is 29.2. The Bertz CT molecular complexity index is 1600. The van der Waals surface area contributed by atoms with Crippen molar-refractivity contribution in [1.82, 2.24) is 19.4 Å². The lowest BCUT2D eigenvalue weighted by Gasteiger charge is -2.47. The predicted octanol–water partition coefficient (Wildman–Crippen LogP) is 7.38. The monoisotopic (exact) mass is 590 g/mol. The van der Waals surface area contributed by atoms with Gasteiger partial charge in [-0.15, -0.1) is 0 Å². The van der Waals surface area contributed by atoms with Crippen molar-refractivity contribution in [2.24, 2.45) is 0 Å². The van der Waals surface area contributed by atoms with Crippen LogP contribution in [0.1, 0.15) is 85.1 Å². The number of benzene rings is 3. The maximum absolute atomic E-state index is 12.7. The molecule has 4 atom stereocenters. The lowest BCUT2D eigenvalue weighted by molar-refractivity contribution is -0.144. The highest BCUT2D eigenvalue weighted by Crippen LogP contribution is 2.46. The zero-order valence-corrected chi connectivity index (χ0v) is 26.5. The summed E-state index contributed by atoms with van der Waals surface area (Å²) in [7, 11) is 0. The van der Waals surface area contributed by atoms with E-state index in [0.29, 0.717) is 18.1 Å². The van der Waals surface area contributed by atoms with Gasteiger partial charge in [-0.05, 0) is 112 Å². The second-order valence-corrected chi connectivity index (χ2v) is 13.7. The van der Waals surface area contributed by atoms with E-state index in [-0.39, 0.29) is 5.41 Å². The molecule has 0 aliphatic carbocycles. The third-order valence-corrected chi connectivity index (χ3v) is 11.4. The normalized spacial score (nSPS) is 24.5. The molecule has 6 nitrogen and oxygen atoms in total. The molecule has 3 aliphatic rings. The van der Waals surface area contributed by atoms with Crippen molar-refractivity contribution >= 4 is 17.0 Å². The SMILES string of the molecule is Cc1cccc(C)c1C(C(=O)O)N1CCC(CCN2[C@@H]3CC[C@H]2CC(n2c(C)nc4ccccc42)C3)(c2ccccc2)CC1. The molecule has 2 bridgehead atoms. The number of carboxylic acids is 1. The van der Waals surface area contributed by atoms with Crippen molar-refractivity contribution in [3.8, 4) is 0 Å². The number of likely N-dealkylation sites (tertiary alicyclic amines) is 1. The van der Waals surface area contributed by atoms with Gasteiger partial charge in [0, 0.05) is 31.2 Å². The van der Waals surface area contributed by atoms with E-state index >= 15 is 0 Å². The molecule has 230 valence electrons. The van der Waals surface area contributed by atoms with Gasteiger partial charge in [0.2, 0.25) is 0 Å². The standard InChI is InChI=1S/C38H46N4O2/c1-26-10-9-11-27(2)35(26)36(37(43)44)40-21-18-38(19-22-40,29-12-5-4-6-13-29)20-23-41-30-16-17-31(41)25-32(24-30)42-28(3)39-33-14-7-8-15-34(33)42/h4-15,30-32,36H,16-25H2,1-3H3,(H,43,44)/t30-,31+,32?,36?. The van der Waals surface area contributed by atoms with Crippen LogP contribution in [-0.4, -0.2) is 62.1 Å². The number of rotatable bonds is 8. The van der Waals surface area contributed by atoms with E-state index in [0.717, 1.165) is 66.9 Å². The molecule has 4 heterocycles. The van der Waals surface area contributed by atoms with Crippen LogP contribution in [0.5, 0.6) is 0 Å². The summed E-state index contributed by atoms with van der Waals surface area (Å²) in [5, 5.41) is 10.4. The first-order chi connectivity index (χ1) is 21.3. The molecular weight excluding hydrogens is 544 g/mol. The minimum absolute atomic E-state index is 0.0645. The molecule has 1 N–H and O–H groups in total. The van der Waals surface area contributed by atoms with E-state index in [1.165, 1.54) is 36.8 Å². The summed E-state index contributed by atoms with van der Waals surface area (Å²) >= 11 is 0. The summed E-state index contributed by atoms with van der Waals surface area (Å²) in [5.41, 5.74) is 6.96. The fraction of sp³-hybridized carbons (Fsp3) is 0.474. The minimum atomic E-state index is -0.741. The van der Waals surface area contributed by atoms with Crippen LogP contribution in [0, 0.1) is 20.8 Å². The molecule has 0 spiro atoms. The van der Waals surface area contributed by atoms with Crippen LogP contribution in [0.25, 0.3) is 11.0 Å². The van der Waals surface area contributed by atoms with E-state index < -0.39 is 12.0 Å². The molecule has 2 unspecified atom stereocenters. The molecule has 1 aromatic heterocycles. The molecule has 3 aliphatic heterocycles. The molecule has 0 radical (unpaired) electrons. The molecule has 4 aromatic rings. The third-order valence-electron chi connectivity index (χ3n) is 11.4. The maximum atomic E-state index is 12.7. The van der Waals surface area contributed by atoms with Crippen molar-refractivity contribution < 1.29 is 9.90 Å². The van der Waals surface area contributed by atoms with Gasteiger partial charge < -0.3 is 9.67 Å². The Labute approximate surface area is 261 Å². The van der Waals surface area contributed by atoms with E-state index in [1.807, 2.05) is 32.0 Å². The number of para-hydroxylation sites is 2. The van der Waals surface area contributed by atoms with Gasteiger partial charge in [0.25, 0.3) is 0 Å². The van der Waals surface area contributed by atoms with Crippen LogP contribution < -0.4 is 0 Å². The molecule has 7 rings (SSSR count). The average Bonchev–Trinajstić information content (AvgIpc) is 3.49. The number of hydrogen-bond donors (Lipinski definition) is 1. The van der Waals surface area contributed by atoms with Crippen LogP contribution >= 0.6 is 0 Å². The first-order valence-corrected chi connectivity index (χ1v) is 16.6. The number of nitrogens with zero attached hydrogens (tertiary/aromatic N) is 4. The predicted molar refractivity (Wildman–Crippen MR) is 176 cm³/mol. The largest absolute Gasteiger partial charge is 0.480 e. The molecule has 6 heteroatoms. The molecule has 3 fully saturated rings. The highest BCUT2D eigenvalue weighted by molar-refractivity contribution is 5.77. The number of aliphatic carboxylic acids is 1. The van der Waals surface area contributed by atoms with Crippen LogP contribution in [-0.2, 0) is 10.2 Å². The highest BCUT2D eigenvalue weighted by Gasteiger charge is 2.45. The van der Waals surface area contributed by atoms with Crippen LogP contribution in [0.15, 0.2) is 72.8 Å². The van der Waals surface area contributed by atoms with Gasteiger partial charge in [-0.1, -0.05) is 60.7 Å². The van der Waals surface area contributed by atoms with Crippen molar-refractivity contribution in [2.75, 3.05) is 19.6 Å². The average molecular weight is 591 g/mol. The Balaban J connectivity index is 1.09. The Kier molecular flexibility index (Phi) is 7.84. The molecule has 3 aromatic carbocycles. The fourth-order valence-electron chi connectivity index (χ4n) is 9.20. The Morgan fingerprint density at radius 1 is 0.864 bits per heavy atom. The topological polar surface area (TPSA) is 61.6 Å². The summed E-state index contributed by atoms with van der Waals surface area (Å²) in [6.45, 7) is 8.96. The number of carboxylic acid groups (broad SMARTS) is 1. The lowest BCUT2D eigenvalue weighted by atomic mass is 9.70. The Morgan fingerprint density at radius 2 is 1.50 bits per heavy atom. The summed E-state index contributed by atoms with van der Waals surface area (Å²) in [5.74, 6) is 0.398. The van der Waals surface area contributed by atoms with E-state index in [2.05, 4.69) is 75.9 Å². The second kappa shape index (κ2) is 11.8. The van der Waals surface area contributed by atoms with Gasteiger partial charge >= 0.3 is 5.97 Å². The highest BCUT2D eigenvalue weighted by atomic mass is 16.4. The number of fused-ring (bicyclic) bond motifs is 3. The number of aromatic nitrogens is 2. The maximum Gasteiger partial charge on any atom is 0.325 e. The number of hydrogen-bond acceptors (Lipinski definition) is 4. The number of carbonyl (C=O) groups is 1. The number of piperidine rings is 2. The van der Waals surface area contributed by atoms with E-state index in [1.54, 1.807) is 0 Å². The zero-order chi connectivity index (χ0) is 30.4. The number of imidazole rings is 1.